The van der Waals surface area contributed by atoms with Gasteiger partial charge in [0.1, 0.15) is 5.75 Å². The molecule has 2 rings (SSSR count). The molecule has 0 aliphatic heterocycles. The van der Waals surface area contributed by atoms with E-state index in [-0.39, 0.29) is 5.84 Å². The van der Waals surface area contributed by atoms with Gasteiger partial charge in [0.2, 0.25) is 0 Å². The fourth-order valence-electron chi connectivity index (χ4n) is 1.90. The van der Waals surface area contributed by atoms with E-state index in [9.17, 15) is 0 Å². The summed E-state index contributed by atoms with van der Waals surface area (Å²) in [6.07, 6.45) is 4.34. The summed E-state index contributed by atoms with van der Waals surface area (Å²) in [5.41, 5.74) is 8.08. The normalized spacial score (nSPS) is 11.3. The van der Waals surface area contributed by atoms with Gasteiger partial charge in [0.15, 0.2) is 5.84 Å². The van der Waals surface area contributed by atoms with Gasteiger partial charge in [-0.05, 0) is 18.6 Å². The van der Waals surface area contributed by atoms with Gasteiger partial charge < -0.3 is 15.7 Å². The highest BCUT2D eigenvalue weighted by Gasteiger charge is 2.14. The van der Waals surface area contributed by atoms with Crippen LogP contribution < -0.4 is 10.5 Å². The largest absolute Gasteiger partial charge is 0.492 e. The van der Waals surface area contributed by atoms with Gasteiger partial charge in [0.05, 0.1) is 12.2 Å². The number of aromatic nitrogens is 1. The summed E-state index contributed by atoms with van der Waals surface area (Å²) in [5.74, 6) is 0.638. The Balaban J connectivity index is 2.56. The molecule has 0 fully saturated rings. The van der Waals surface area contributed by atoms with Crippen molar-refractivity contribution < 1.29 is 9.94 Å². The molecule has 0 amide bonds. The standard InChI is InChI=1S/C15H17N3O2/c1-2-9-20-14-12(11-5-4-8-17-10-11)6-3-7-13(14)15(16)18-19/h3-8,10,19H,2,9H2,1H3,(H2,16,18). The highest BCUT2D eigenvalue weighted by Crippen LogP contribution is 2.33. The lowest BCUT2D eigenvalue weighted by atomic mass is 10.0. The molecule has 1 heterocycles. The van der Waals surface area contributed by atoms with E-state index in [1.807, 2.05) is 31.2 Å². The van der Waals surface area contributed by atoms with Crippen LogP contribution in [-0.4, -0.2) is 22.6 Å². The van der Waals surface area contributed by atoms with Gasteiger partial charge in [-0.2, -0.15) is 0 Å². The van der Waals surface area contributed by atoms with E-state index in [1.165, 1.54) is 0 Å². The summed E-state index contributed by atoms with van der Waals surface area (Å²) < 4.78 is 5.80. The molecule has 1 aromatic carbocycles. The third kappa shape index (κ3) is 2.88. The monoisotopic (exact) mass is 271 g/mol. The molecule has 20 heavy (non-hydrogen) atoms. The zero-order chi connectivity index (χ0) is 14.4. The molecule has 5 nitrogen and oxygen atoms in total. The van der Waals surface area contributed by atoms with Crippen LogP contribution in [0.4, 0.5) is 0 Å². The number of hydrogen-bond donors (Lipinski definition) is 2. The summed E-state index contributed by atoms with van der Waals surface area (Å²) in [4.78, 5) is 4.11. The lowest BCUT2D eigenvalue weighted by molar-refractivity contribution is 0.312. The lowest BCUT2D eigenvalue weighted by Gasteiger charge is -2.15. The molecular weight excluding hydrogens is 254 g/mol. The number of pyridine rings is 1. The van der Waals surface area contributed by atoms with Crippen molar-refractivity contribution in [2.24, 2.45) is 10.9 Å². The highest BCUT2D eigenvalue weighted by atomic mass is 16.5. The fraction of sp³-hybridized carbons (Fsp3) is 0.200. The van der Waals surface area contributed by atoms with Crippen LogP contribution in [0, 0.1) is 0 Å². The zero-order valence-corrected chi connectivity index (χ0v) is 11.3. The van der Waals surface area contributed by atoms with Crippen LogP contribution in [0.5, 0.6) is 5.75 Å². The van der Waals surface area contributed by atoms with E-state index >= 15 is 0 Å². The van der Waals surface area contributed by atoms with E-state index in [4.69, 9.17) is 15.7 Å². The molecule has 0 aliphatic carbocycles. The Morgan fingerprint density at radius 1 is 1.35 bits per heavy atom. The predicted molar refractivity (Wildman–Crippen MR) is 78.0 cm³/mol. The molecule has 0 saturated carbocycles. The first-order valence-corrected chi connectivity index (χ1v) is 6.42. The van der Waals surface area contributed by atoms with Gasteiger partial charge in [-0.25, -0.2) is 0 Å². The van der Waals surface area contributed by atoms with Gasteiger partial charge in [-0.3, -0.25) is 4.98 Å². The quantitative estimate of drug-likeness (QED) is 0.379. The Morgan fingerprint density at radius 3 is 2.85 bits per heavy atom. The van der Waals surface area contributed by atoms with Crippen LogP contribution in [0.2, 0.25) is 0 Å². The molecular formula is C15H17N3O2. The van der Waals surface area contributed by atoms with Gasteiger partial charge >= 0.3 is 0 Å². The molecule has 2 aromatic rings. The summed E-state index contributed by atoms with van der Waals surface area (Å²) in [5, 5.41) is 12.0. The third-order valence-corrected chi connectivity index (χ3v) is 2.82. The van der Waals surface area contributed by atoms with Crippen molar-refractivity contribution >= 4 is 5.84 Å². The number of benzene rings is 1. The van der Waals surface area contributed by atoms with Gasteiger partial charge in [-0.1, -0.05) is 30.3 Å². The smallest absolute Gasteiger partial charge is 0.173 e. The Morgan fingerprint density at radius 2 is 2.20 bits per heavy atom. The van der Waals surface area contributed by atoms with Crippen molar-refractivity contribution in [1.29, 1.82) is 0 Å². The van der Waals surface area contributed by atoms with Crippen LogP contribution in [0.25, 0.3) is 11.1 Å². The number of nitrogens with two attached hydrogens (primary N) is 1. The first kappa shape index (κ1) is 13.9. The van der Waals surface area contributed by atoms with Crippen molar-refractivity contribution in [3.05, 3.63) is 48.3 Å². The van der Waals surface area contributed by atoms with E-state index in [1.54, 1.807) is 18.5 Å². The number of amidine groups is 1. The third-order valence-electron chi connectivity index (χ3n) is 2.82. The van der Waals surface area contributed by atoms with Gasteiger partial charge in [0, 0.05) is 23.5 Å². The molecule has 0 atom stereocenters. The Hall–Kier alpha value is -2.56. The second-order valence-electron chi connectivity index (χ2n) is 4.26. The number of ether oxygens (including phenoxy) is 1. The van der Waals surface area contributed by atoms with Crippen LogP contribution >= 0.6 is 0 Å². The first-order valence-electron chi connectivity index (χ1n) is 6.42. The summed E-state index contributed by atoms with van der Waals surface area (Å²) in [7, 11) is 0. The highest BCUT2D eigenvalue weighted by molar-refractivity contribution is 6.01. The minimum Gasteiger partial charge on any atom is -0.492 e. The molecule has 5 heteroatoms. The Kier molecular flexibility index (Phi) is 4.55. The van der Waals surface area contributed by atoms with Crippen LogP contribution in [-0.2, 0) is 0 Å². The van der Waals surface area contributed by atoms with Gasteiger partial charge in [-0.15, -0.1) is 0 Å². The maximum Gasteiger partial charge on any atom is 0.173 e. The molecule has 0 unspecified atom stereocenters. The zero-order valence-electron chi connectivity index (χ0n) is 11.3. The minimum absolute atomic E-state index is 0.0295. The molecule has 0 aliphatic rings. The Bertz CT molecular complexity index is 597. The molecule has 0 saturated heterocycles. The first-order chi connectivity index (χ1) is 9.77. The molecule has 1 aromatic heterocycles. The predicted octanol–water partition coefficient (Wildman–Crippen LogP) is 2.63. The average Bonchev–Trinajstić information content (AvgIpc) is 2.52. The van der Waals surface area contributed by atoms with Crippen molar-refractivity contribution in [2.75, 3.05) is 6.61 Å². The lowest BCUT2D eigenvalue weighted by Crippen LogP contribution is -2.15. The van der Waals surface area contributed by atoms with Crippen LogP contribution in [0.15, 0.2) is 47.9 Å². The number of nitrogens with zero attached hydrogens (tertiary/aromatic N) is 2. The maximum atomic E-state index is 8.89. The number of hydrogen-bond acceptors (Lipinski definition) is 4. The van der Waals surface area contributed by atoms with Crippen molar-refractivity contribution in [1.82, 2.24) is 4.98 Å². The maximum absolute atomic E-state index is 8.89. The SMILES string of the molecule is CCCOc1c(C(N)=NO)cccc1-c1cccnc1. The van der Waals surface area contributed by atoms with Crippen LogP contribution in [0.3, 0.4) is 0 Å². The number of oxime groups is 1. The number of para-hydroxylation sites is 1. The molecule has 104 valence electrons. The second kappa shape index (κ2) is 6.56. The minimum atomic E-state index is 0.0295. The summed E-state index contributed by atoms with van der Waals surface area (Å²) in [6, 6.07) is 9.33. The fourth-order valence-corrected chi connectivity index (χ4v) is 1.90. The summed E-state index contributed by atoms with van der Waals surface area (Å²) in [6.45, 7) is 2.58. The second-order valence-corrected chi connectivity index (χ2v) is 4.26. The molecule has 3 N–H and O–H groups in total. The topological polar surface area (TPSA) is 80.7 Å². The Labute approximate surface area is 117 Å². The molecule has 0 radical (unpaired) electrons. The average molecular weight is 271 g/mol. The van der Waals surface area contributed by atoms with Crippen molar-refractivity contribution in [2.45, 2.75) is 13.3 Å². The van der Waals surface area contributed by atoms with E-state index in [2.05, 4.69) is 10.1 Å². The molecule has 0 bridgehead atoms. The van der Waals surface area contributed by atoms with Crippen LogP contribution in [0.1, 0.15) is 18.9 Å². The van der Waals surface area contributed by atoms with Gasteiger partial charge in [0.25, 0.3) is 0 Å². The van der Waals surface area contributed by atoms with E-state index in [0.29, 0.717) is 17.9 Å². The van der Waals surface area contributed by atoms with Crippen molar-refractivity contribution in [3.63, 3.8) is 0 Å². The van der Waals surface area contributed by atoms with E-state index in [0.717, 1.165) is 17.5 Å². The molecule has 0 spiro atoms. The number of rotatable bonds is 5. The van der Waals surface area contributed by atoms with Crippen molar-refractivity contribution in [3.8, 4) is 16.9 Å². The van der Waals surface area contributed by atoms with E-state index < -0.39 is 0 Å². The summed E-state index contributed by atoms with van der Waals surface area (Å²) >= 11 is 0.